The van der Waals surface area contributed by atoms with Gasteiger partial charge in [-0.1, -0.05) is 24.3 Å². The Bertz CT molecular complexity index is 1650. The van der Waals surface area contributed by atoms with Crippen molar-refractivity contribution in [3.63, 3.8) is 0 Å². The van der Waals surface area contributed by atoms with Gasteiger partial charge in [-0.15, -0.1) is 0 Å². The standard InChI is InChI=1S/C24H28N6O2.3C2HF3O2/c31-22(20-15-27-21-6-2-1-5-19(20)21)26-10-13-29-11-7-24(8-12-29)23(32)28-17-30(24)16-18-4-3-9-25-14-18;3*3-2(4,5)1(6)7/h1-6,9,14-15,27H,7-8,10-13,16-17H2,(H,26,31)(H,28,32);3*(H,6,7). The molecule has 2 fully saturated rings. The number of hydrogen-bond donors (Lipinski definition) is 6. The molecule has 0 aliphatic carbocycles. The first kappa shape index (κ1) is 43.7. The Kier molecular flexibility index (Phi) is 15.1. The van der Waals surface area contributed by atoms with E-state index >= 15 is 0 Å². The SMILES string of the molecule is O=C(NCCN1CCC2(CC1)C(=O)NCN2Cc1cccnc1)c1c[nH]c2ccccc12.O=C(O)C(F)(F)F.O=C(O)C(F)(F)F.O=C(O)C(F)(F)F. The van der Waals surface area contributed by atoms with E-state index in [0.29, 0.717) is 25.3 Å². The lowest BCUT2D eigenvalue weighted by atomic mass is 9.86. The Morgan fingerprint density at radius 1 is 0.830 bits per heavy atom. The van der Waals surface area contributed by atoms with Crippen molar-refractivity contribution in [3.8, 4) is 0 Å². The van der Waals surface area contributed by atoms with Gasteiger partial charge in [-0.3, -0.25) is 19.5 Å². The molecule has 23 heteroatoms. The number of piperidine rings is 1. The van der Waals surface area contributed by atoms with Gasteiger partial charge >= 0.3 is 36.4 Å². The van der Waals surface area contributed by atoms with E-state index < -0.39 is 42.0 Å². The quantitative estimate of drug-likeness (QED) is 0.200. The normalized spacial score (nSPS) is 15.8. The largest absolute Gasteiger partial charge is 0.490 e. The number of halogens is 9. The molecule has 2 aliphatic rings. The molecule has 0 unspecified atom stereocenters. The fraction of sp³-hybridized carbons (Fsp3) is 0.400. The molecule has 3 aromatic rings. The lowest BCUT2D eigenvalue weighted by molar-refractivity contribution is -0.193. The predicted molar refractivity (Wildman–Crippen MR) is 163 cm³/mol. The highest BCUT2D eigenvalue weighted by Gasteiger charge is 2.50. The number of alkyl halides is 9. The van der Waals surface area contributed by atoms with Gasteiger partial charge in [0.05, 0.1) is 12.2 Å². The first-order valence-electron chi connectivity index (χ1n) is 14.9. The number of likely N-dealkylation sites (tertiary alicyclic amines) is 1. The van der Waals surface area contributed by atoms with Crippen LogP contribution < -0.4 is 10.6 Å². The third-order valence-corrected chi connectivity index (χ3v) is 7.51. The van der Waals surface area contributed by atoms with Crippen LogP contribution in [0.15, 0.2) is 55.0 Å². The van der Waals surface area contributed by atoms with Gasteiger partial charge in [-0.05, 0) is 30.5 Å². The molecule has 0 atom stereocenters. The number of amides is 2. The van der Waals surface area contributed by atoms with Crippen LogP contribution in [0.4, 0.5) is 39.5 Å². The summed E-state index contributed by atoms with van der Waals surface area (Å²) >= 11 is 0. The first-order valence-corrected chi connectivity index (χ1v) is 14.9. The minimum atomic E-state index is -5.08. The van der Waals surface area contributed by atoms with E-state index in [4.69, 9.17) is 29.7 Å². The van der Waals surface area contributed by atoms with Gasteiger partial charge in [0.25, 0.3) is 5.91 Å². The van der Waals surface area contributed by atoms with Gasteiger partial charge in [-0.2, -0.15) is 39.5 Å². The number of fused-ring (bicyclic) bond motifs is 1. The van der Waals surface area contributed by atoms with Crippen LogP contribution in [0.2, 0.25) is 0 Å². The van der Waals surface area contributed by atoms with Crippen molar-refractivity contribution < 1.29 is 78.8 Å². The number of carbonyl (C=O) groups excluding carboxylic acids is 2. The lowest BCUT2D eigenvalue weighted by Gasteiger charge is -2.42. The molecule has 4 heterocycles. The van der Waals surface area contributed by atoms with Gasteiger partial charge in [0, 0.05) is 62.2 Å². The van der Waals surface area contributed by atoms with E-state index in [1.807, 2.05) is 36.5 Å². The van der Waals surface area contributed by atoms with Crippen LogP contribution in [-0.4, -0.2) is 122 Å². The first-order chi connectivity index (χ1) is 24.5. The van der Waals surface area contributed by atoms with Crippen LogP contribution >= 0.6 is 0 Å². The number of carbonyl (C=O) groups is 5. The summed E-state index contributed by atoms with van der Waals surface area (Å²) in [6.45, 7) is 4.31. The number of aliphatic carboxylic acids is 3. The van der Waals surface area contributed by atoms with Crippen molar-refractivity contribution in [1.82, 2.24) is 30.4 Å². The van der Waals surface area contributed by atoms with Gasteiger partial charge in [0.2, 0.25) is 5.91 Å². The Hall–Kier alpha value is -5.45. The minimum Gasteiger partial charge on any atom is -0.475 e. The molecule has 1 spiro atoms. The zero-order chi connectivity index (χ0) is 40.2. The Morgan fingerprint density at radius 2 is 1.36 bits per heavy atom. The van der Waals surface area contributed by atoms with Gasteiger partial charge < -0.3 is 35.8 Å². The monoisotopic (exact) mass is 774 g/mol. The molecular weight excluding hydrogens is 743 g/mol. The summed E-state index contributed by atoms with van der Waals surface area (Å²) in [5, 5.41) is 28.4. The van der Waals surface area contributed by atoms with Gasteiger partial charge in [-0.25, -0.2) is 14.4 Å². The topological polar surface area (TPSA) is 205 Å². The molecule has 2 aliphatic heterocycles. The lowest BCUT2D eigenvalue weighted by Crippen LogP contribution is -2.56. The van der Waals surface area contributed by atoms with Crippen molar-refractivity contribution in [2.75, 3.05) is 32.8 Å². The number of aromatic amines is 1. The van der Waals surface area contributed by atoms with Crippen molar-refractivity contribution in [2.24, 2.45) is 0 Å². The molecule has 0 saturated carbocycles. The number of pyridine rings is 1. The third kappa shape index (κ3) is 13.2. The fourth-order valence-corrected chi connectivity index (χ4v) is 4.92. The van der Waals surface area contributed by atoms with Gasteiger partial charge in [0.15, 0.2) is 0 Å². The Morgan fingerprint density at radius 3 is 1.85 bits per heavy atom. The van der Waals surface area contributed by atoms with Crippen LogP contribution in [0.25, 0.3) is 10.9 Å². The van der Waals surface area contributed by atoms with Crippen LogP contribution in [0.3, 0.4) is 0 Å². The summed E-state index contributed by atoms with van der Waals surface area (Å²) in [6, 6.07) is 11.8. The zero-order valence-electron chi connectivity index (χ0n) is 27.0. The second kappa shape index (κ2) is 18.3. The molecule has 2 amide bonds. The average Bonchev–Trinajstić information content (AvgIpc) is 3.63. The maximum absolute atomic E-state index is 12.8. The zero-order valence-corrected chi connectivity index (χ0v) is 27.0. The van der Waals surface area contributed by atoms with E-state index in [2.05, 4.69) is 36.5 Å². The third-order valence-electron chi connectivity index (χ3n) is 7.51. The number of carboxylic acids is 3. The van der Waals surface area contributed by atoms with E-state index in [1.165, 1.54) is 0 Å². The second-order valence-corrected chi connectivity index (χ2v) is 11.0. The van der Waals surface area contributed by atoms with E-state index in [-0.39, 0.29) is 11.8 Å². The number of rotatable bonds is 6. The van der Waals surface area contributed by atoms with Crippen molar-refractivity contribution in [1.29, 1.82) is 0 Å². The molecule has 53 heavy (non-hydrogen) atoms. The van der Waals surface area contributed by atoms with Crippen LogP contribution in [0.5, 0.6) is 0 Å². The van der Waals surface area contributed by atoms with Crippen LogP contribution in [0.1, 0.15) is 28.8 Å². The van der Waals surface area contributed by atoms with Crippen LogP contribution in [-0.2, 0) is 25.7 Å². The second-order valence-electron chi connectivity index (χ2n) is 11.0. The number of para-hydroxylation sites is 1. The van der Waals surface area contributed by atoms with Gasteiger partial charge in [0.1, 0.15) is 5.54 Å². The summed E-state index contributed by atoms with van der Waals surface area (Å²) in [5.41, 5.74) is 2.31. The van der Waals surface area contributed by atoms with Crippen molar-refractivity contribution in [3.05, 3.63) is 66.1 Å². The molecule has 2 aromatic heterocycles. The highest BCUT2D eigenvalue weighted by molar-refractivity contribution is 6.06. The Balaban J connectivity index is 0.000000379. The number of nitrogens with zero attached hydrogens (tertiary/aromatic N) is 3. The van der Waals surface area contributed by atoms with Crippen molar-refractivity contribution in [2.45, 2.75) is 43.5 Å². The summed E-state index contributed by atoms with van der Waals surface area (Å²) in [4.78, 5) is 64.0. The summed E-state index contributed by atoms with van der Waals surface area (Å²) < 4.78 is 95.2. The molecule has 6 N–H and O–H groups in total. The minimum absolute atomic E-state index is 0.0613. The summed E-state index contributed by atoms with van der Waals surface area (Å²) in [5.74, 6) is -8.20. The fourth-order valence-electron chi connectivity index (χ4n) is 4.92. The molecule has 0 bridgehead atoms. The highest BCUT2D eigenvalue weighted by Crippen LogP contribution is 2.33. The van der Waals surface area contributed by atoms with Crippen LogP contribution in [0, 0.1) is 0 Å². The summed E-state index contributed by atoms with van der Waals surface area (Å²) in [7, 11) is 0. The number of hydrogen-bond acceptors (Lipinski definition) is 8. The molecule has 2 saturated heterocycles. The van der Waals surface area contributed by atoms with E-state index in [1.54, 1.807) is 12.4 Å². The molecule has 1 aromatic carbocycles. The molecule has 14 nitrogen and oxygen atoms in total. The Labute approximate surface area is 292 Å². The molecule has 0 radical (unpaired) electrons. The number of nitrogens with one attached hydrogen (secondary N) is 3. The number of carboxylic acid groups (broad SMARTS) is 3. The molecular formula is C30H31F9N6O8. The maximum Gasteiger partial charge on any atom is 0.490 e. The number of benzene rings is 1. The molecule has 5 rings (SSSR count). The predicted octanol–water partition coefficient (Wildman–Crippen LogP) is 3.62. The number of H-pyrrole nitrogens is 1. The molecule has 292 valence electrons. The highest BCUT2D eigenvalue weighted by atomic mass is 19.4. The maximum atomic E-state index is 12.8. The van der Waals surface area contributed by atoms with E-state index in [0.717, 1.165) is 48.9 Å². The average molecular weight is 775 g/mol. The summed E-state index contributed by atoms with van der Waals surface area (Å²) in [6.07, 6.45) is -8.28. The smallest absolute Gasteiger partial charge is 0.475 e. The van der Waals surface area contributed by atoms with E-state index in [9.17, 15) is 49.1 Å². The number of aromatic nitrogens is 2. The van der Waals surface area contributed by atoms with Crippen molar-refractivity contribution >= 4 is 40.6 Å².